The summed E-state index contributed by atoms with van der Waals surface area (Å²) in [5, 5.41) is 5.56. The van der Waals surface area contributed by atoms with Crippen LogP contribution in [0.3, 0.4) is 0 Å². The number of carbonyl (C=O) groups excluding carboxylic acids is 1. The number of methoxy groups -OCH3 is 1. The highest BCUT2D eigenvalue weighted by Gasteiger charge is 2.03. The summed E-state index contributed by atoms with van der Waals surface area (Å²) < 4.78 is 30.6. The lowest BCUT2D eigenvalue weighted by molar-refractivity contribution is -0.120. The minimum absolute atomic E-state index is 0.159. The van der Waals surface area contributed by atoms with E-state index in [1.165, 1.54) is 12.1 Å². The van der Waals surface area contributed by atoms with Crippen LogP contribution in [0.5, 0.6) is 0 Å². The van der Waals surface area contributed by atoms with Crippen LogP contribution in [0.25, 0.3) is 0 Å². The Morgan fingerprint density at radius 2 is 1.89 bits per heavy atom. The zero-order chi connectivity index (χ0) is 14.1. The van der Waals surface area contributed by atoms with Crippen LogP contribution in [0, 0.1) is 11.6 Å². The highest BCUT2D eigenvalue weighted by Crippen LogP contribution is 2.07. The highest BCUT2D eigenvalue weighted by molar-refractivity contribution is 5.77. The number of carbonyl (C=O) groups is 1. The summed E-state index contributed by atoms with van der Waals surface area (Å²) in [6.07, 6.45) is 0.387. The number of halogens is 2. The molecule has 1 amide bonds. The zero-order valence-corrected chi connectivity index (χ0v) is 10.8. The predicted molar refractivity (Wildman–Crippen MR) is 67.8 cm³/mol. The van der Waals surface area contributed by atoms with Crippen LogP contribution in [0.4, 0.5) is 8.78 Å². The molecule has 0 atom stereocenters. The lowest BCUT2D eigenvalue weighted by Crippen LogP contribution is -2.36. The van der Waals surface area contributed by atoms with Crippen molar-refractivity contribution in [3.05, 3.63) is 35.4 Å². The molecule has 0 saturated carbocycles. The summed E-state index contributed by atoms with van der Waals surface area (Å²) in [6, 6.07) is 3.33. The van der Waals surface area contributed by atoms with Crippen molar-refractivity contribution < 1.29 is 18.3 Å². The van der Waals surface area contributed by atoms with Crippen molar-refractivity contribution >= 4 is 5.91 Å². The van der Waals surface area contributed by atoms with E-state index in [4.69, 9.17) is 4.74 Å². The van der Waals surface area contributed by atoms with Gasteiger partial charge in [0.05, 0.1) is 13.2 Å². The van der Waals surface area contributed by atoms with Crippen LogP contribution in [0.2, 0.25) is 0 Å². The van der Waals surface area contributed by atoms with Gasteiger partial charge < -0.3 is 15.4 Å². The first-order valence-electron chi connectivity index (χ1n) is 6.03. The first-order valence-corrected chi connectivity index (χ1v) is 6.03. The maximum absolute atomic E-state index is 12.9. The second kappa shape index (κ2) is 8.55. The van der Waals surface area contributed by atoms with Gasteiger partial charge >= 0.3 is 0 Å². The number of hydrogen-bond donors (Lipinski definition) is 2. The highest BCUT2D eigenvalue weighted by atomic mass is 19.1. The van der Waals surface area contributed by atoms with E-state index in [1.54, 1.807) is 7.11 Å². The molecule has 0 saturated heterocycles. The smallest absolute Gasteiger partial charge is 0.233 e. The second-order valence-electron chi connectivity index (χ2n) is 4.05. The molecular formula is C13H18F2N2O2. The van der Waals surface area contributed by atoms with Gasteiger partial charge in [0.2, 0.25) is 5.91 Å². The van der Waals surface area contributed by atoms with Crippen molar-refractivity contribution in [2.75, 3.05) is 33.4 Å². The van der Waals surface area contributed by atoms with E-state index in [9.17, 15) is 13.6 Å². The van der Waals surface area contributed by atoms with E-state index in [-0.39, 0.29) is 12.5 Å². The number of nitrogens with one attached hydrogen (secondary N) is 2. The Labute approximate surface area is 111 Å². The quantitative estimate of drug-likeness (QED) is 0.690. The molecule has 106 valence electrons. The summed E-state index contributed by atoms with van der Waals surface area (Å²) in [5.74, 6) is -1.38. The molecule has 1 rings (SSSR count). The molecule has 4 nitrogen and oxygen atoms in total. The van der Waals surface area contributed by atoms with Gasteiger partial charge in [-0.15, -0.1) is 0 Å². The summed E-state index contributed by atoms with van der Waals surface area (Å²) in [4.78, 5) is 11.4. The van der Waals surface area contributed by atoms with Crippen LogP contribution < -0.4 is 10.6 Å². The summed E-state index contributed by atoms with van der Waals surface area (Å²) in [6.45, 7) is 1.67. The third-order valence-electron chi connectivity index (χ3n) is 2.43. The molecule has 0 aliphatic heterocycles. The normalized spacial score (nSPS) is 10.5. The van der Waals surface area contributed by atoms with E-state index >= 15 is 0 Å². The molecule has 0 aliphatic carbocycles. The summed E-state index contributed by atoms with van der Waals surface area (Å²) in [7, 11) is 1.58. The van der Waals surface area contributed by atoms with Crippen LogP contribution in [0.1, 0.15) is 5.56 Å². The van der Waals surface area contributed by atoms with Crippen LogP contribution >= 0.6 is 0 Å². The molecule has 0 unspecified atom stereocenters. The largest absolute Gasteiger partial charge is 0.383 e. The maximum Gasteiger partial charge on any atom is 0.233 e. The molecule has 1 aromatic rings. The third kappa shape index (κ3) is 6.83. The Hall–Kier alpha value is -1.53. The Bertz CT molecular complexity index is 393. The number of ether oxygens (including phenoxy) is 1. The molecule has 1 aromatic carbocycles. The van der Waals surface area contributed by atoms with Gasteiger partial charge in [-0.2, -0.15) is 0 Å². The Balaban J connectivity index is 2.20. The van der Waals surface area contributed by atoms with Gasteiger partial charge in [0.1, 0.15) is 11.6 Å². The summed E-state index contributed by atoms with van der Waals surface area (Å²) >= 11 is 0. The molecule has 0 heterocycles. The van der Waals surface area contributed by atoms with Crippen molar-refractivity contribution in [1.82, 2.24) is 10.6 Å². The van der Waals surface area contributed by atoms with E-state index in [2.05, 4.69) is 10.6 Å². The molecule has 0 aromatic heterocycles. The minimum atomic E-state index is -0.609. The van der Waals surface area contributed by atoms with Crippen LogP contribution in [-0.2, 0) is 16.0 Å². The molecule has 0 aliphatic rings. The first kappa shape index (κ1) is 15.5. The number of rotatable bonds is 8. The topological polar surface area (TPSA) is 50.4 Å². The Morgan fingerprint density at radius 3 is 2.53 bits per heavy atom. The second-order valence-corrected chi connectivity index (χ2v) is 4.05. The fourth-order valence-electron chi connectivity index (χ4n) is 1.54. The lowest BCUT2D eigenvalue weighted by Gasteiger charge is -2.07. The maximum atomic E-state index is 12.9. The molecule has 0 bridgehead atoms. The van der Waals surface area contributed by atoms with Gasteiger partial charge in [-0.3, -0.25) is 4.79 Å². The van der Waals surface area contributed by atoms with Gasteiger partial charge in [-0.05, 0) is 24.1 Å². The fraction of sp³-hybridized carbons (Fsp3) is 0.462. The standard InChI is InChI=1S/C13H18F2N2O2/c1-19-5-4-16-9-13(18)17-3-2-10-6-11(14)8-12(15)7-10/h6-8,16H,2-5,9H2,1H3,(H,17,18). The van der Waals surface area contributed by atoms with Crippen molar-refractivity contribution in [3.8, 4) is 0 Å². The summed E-state index contributed by atoms with van der Waals surface area (Å²) in [5.41, 5.74) is 0.519. The molecule has 19 heavy (non-hydrogen) atoms. The molecular weight excluding hydrogens is 254 g/mol. The number of benzene rings is 1. The molecule has 2 N–H and O–H groups in total. The SMILES string of the molecule is COCCNCC(=O)NCCc1cc(F)cc(F)c1. The molecule has 0 radical (unpaired) electrons. The van der Waals surface area contributed by atoms with Gasteiger partial charge in [0.25, 0.3) is 0 Å². The van der Waals surface area contributed by atoms with E-state index in [0.29, 0.717) is 31.7 Å². The average molecular weight is 272 g/mol. The van der Waals surface area contributed by atoms with Gasteiger partial charge in [0, 0.05) is 26.3 Å². The van der Waals surface area contributed by atoms with Crippen LogP contribution in [-0.4, -0.2) is 39.3 Å². The van der Waals surface area contributed by atoms with Crippen molar-refractivity contribution in [1.29, 1.82) is 0 Å². The Kier molecular flexibility index (Phi) is 6.99. The molecule has 0 fully saturated rings. The van der Waals surface area contributed by atoms with Gasteiger partial charge in [-0.1, -0.05) is 0 Å². The zero-order valence-electron chi connectivity index (χ0n) is 10.8. The lowest BCUT2D eigenvalue weighted by atomic mass is 10.1. The van der Waals surface area contributed by atoms with Crippen molar-refractivity contribution in [2.24, 2.45) is 0 Å². The van der Waals surface area contributed by atoms with Crippen LogP contribution in [0.15, 0.2) is 18.2 Å². The van der Waals surface area contributed by atoms with Crippen molar-refractivity contribution in [2.45, 2.75) is 6.42 Å². The fourth-order valence-corrected chi connectivity index (χ4v) is 1.54. The minimum Gasteiger partial charge on any atom is -0.383 e. The third-order valence-corrected chi connectivity index (χ3v) is 2.43. The average Bonchev–Trinajstić information content (AvgIpc) is 2.33. The number of hydrogen-bond acceptors (Lipinski definition) is 3. The first-order chi connectivity index (χ1) is 9.11. The van der Waals surface area contributed by atoms with E-state index in [0.717, 1.165) is 6.07 Å². The monoisotopic (exact) mass is 272 g/mol. The predicted octanol–water partition coefficient (Wildman–Crippen LogP) is 0.860. The molecule has 0 spiro atoms. The molecule has 6 heteroatoms. The number of amides is 1. The van der Waals surface area contributed by atoms with Crippen molar-refractivity contribution in [3.63, 3.8) is 0 Å². The van der Waals surface area contributed by atoms with E-state index < -0.39 is 11.6 Å². The van der Waals surface area contributed by atoms with Gasteiger partial charge in [0.15, 0.2) is 0 Å². The Morgan fingerprint density at radius 1 is 1.21 bits per heavy atom. The van der Waals surface area contributed by atoms with E-state index in [1.807, 2.05) is 0 Å². The van der Waals surface area contributed by atoms with Gasteiger partial charge in [-0.25, -0.2) is 8.78 Å².